The molecule has 1 aliphatic heterocycles. The van der Waals surface area contributed by atoms with Gasteiger partial charge >= 0.3 is 0 Å². The van der Waals surface area contributed by atoms with Crippen LogP contribution >= 0.6 is 23.1 Å². The summed E-state index contributed by atoms with van der Waals surface area (Å²) in [6.07, 6.45) is 1.06. The van der Waals surface area contributed by atoms with E-state index in [1.165, 1.54) is 27.8 Å². The van der Waals surface area contributed by atoms with Crippen molar-refractivity contribution in [2.24, 2.45) is 0 Å². The Morgan fingerprint density at radius 3 is 2.64 bits per heavy atom. The number of sulfonamides is 1. The average Bonchev–Trinajstić information content (AvgIpc) is 3.19. The summed E-state index contributed by atoms with van der Waals surface area (Å²) in [6, 6.07) is 6.03. The molecule has 0 atom stereocenters. The quantitative estimate of drug-likeness (QED) is 0.466. The van der Waals surface area contributed by atoms with E-state index in [1.54, 1.807) is 23.9 Å². The van der Waals surface area contributed by atoms with Gasteiger partial charge in [0, 0.05) is 24.4 Å². The number of Topliss-reactive ketones (excluding diaryl/α,β-unsaturated/α-hetero) is 1. The van der Waals surface area contributed by atoms with Crippen molar-refractivity contribution in [1.82, 2.24) is 14.5 Å². The van der Waals surface area contributed by atoms with Crippen molar-refractivity contribution in [3.8, 4) is 0 Å². The first-order valence-corrected chi connectivity index (χ1v) is 12.2. The molecule has 1 aromatic carbocycles. The third kappa shape index (κ3) is 5.29. The average molecular weight is 443 g/mol. The maximum atomic E-state index is 12.6. The number of rotatable bonds is 9. The molecule has 1 aliphatic rings. The van der Waals surface area contributed by atoms with E-state index in [2.05, 4.69) is 22.4 Å². The van der Waals surface area contributed by atoms with Gasteiger partial charge in [0.15, 0.2) is 10.1 Å². The number of anilines is 1. The highest BCUT2D eigenvalue weighted by Crippen LogP contribution is 2.25. The number of hydrogen-bond acceptors (Lipinski definition) is 9. The van der Waals surface area contributed by atoms with E-state index in [-0.39, 0.29) is 17.2 Å². The van der Waals surface area contributed by atoms with Crippen molar-refractivity contribution in [2.75, 3.05) is 43.9 Å². The molecule has 152 valence electrons. The van der Waals surface area contributed by atoms with E-state index >= 15 is 0 Å². The first-order valence-electron chi connectivity index (χ1n) is 8.92. The van der Waals surface area contributed by atoms with Crippen molar-refractivity contribution in [3.05, 3.63) is 29.8 Å². The third-order valence-corrected chi connectivity index (χ3v) is 8.15. The number of benzene rings is 1. The van der Waals surface area contributed by atoms with Gasteiger partial charge in [-0.25, -0.2) is 8.42 Å². The Morgan fingerprint density at radius 1 is 1.25 bits per heavy atom. The topological polar surface area (TPSA) is 101 Å². The molecule has 0 radical (unpaired) electrons. The molecule has 1 saturated heterocycles. The number of carbonyl (C=O) groups is 1. The number of ketones is 1. The lowest BCUT2D eigenvalue weighted by Crippen LogP contribution is -2.40. The monoisotopic (exact) mass is 442 g/mol. The number of carbonyl (C=O) groups excluding carboxylic acids is 1. The zero-order valence-corrected chi connectivity index (χ0v) is 17.9. The summed E-state index contributed by atoms with van der Waals surface area (Å²) in [5.74, 6) is 0.834. The number of aromatic nitrogens is 2. The van der Waals surface area contributed by atoms with E-state index in [9.17, 15) is 13.2 Å². The van der Waals surface area contributed by atoms with Crippen LogP contribution in [-0.2, 0) is 14.8 Å². The maximum absolute atomic E-state index is 12.6. The molecule has 28 heavy (non-hydrogen) atoms. The Balaban J connectivity index is 1.58. The Morgan fingerprint density at radius 2 is 1.96 bits per heavy atom. The third-order valence-electron chi connectivity index (χ3n) is 4.02. The van der Waals surface area contributed by atoms with Crippen LogP contribution < -0.4 is 5.32 Å². The summed E-state index contributed by atoms with van der Waals surface area (Å²) in [4.78, 5) is 12.6. The van der Waals surface area contributed by atoms with Gasteiger partial charge in [-0.1, -0.05) is 30.0 Å². The Bertz CT molecular complexity index is 893. The number of thioether (sulfide) groups is 1. The second-order valence-corrected chi connectivity index (χ2v) is 10.3. The van der Waals surface area contributed by atoms with Crippen LogP contribution in [0.4, 0.5) is 5.13 Å². The Labute approximate surface area is 172 Å². The first kappa shape index (κ1) is 21.2. The molecular formula is C17H22N4O4S3. The van der Waals surface area contributed by atoms with Gasteiger partial charge in [-0.05, 0) is 30.7 Å². The maximum Gasteiger partial charge on any atom is 0.243 e. The van der Waals surface area contributed by atoms with Crippen LogP contribution in [0.1, 0.15) is 23.7 Å². The molecule has 0 bridgehead atoms. The second kappa shape index (κ2) is 9.79. The van der Waals surface area contributed by atoms with Crippen LogP contribution in [0.3, 0.4) is 0 Å². The molecule has 1 aromatic heterocycles. The molecule has 1 N–H and O–H groups in total. The number of nitrogens with zero attached hydrogens (tertiary/aromatic N) is 3. The highest BCUT2D eigenvalue weighted by atomic mass is 32.2. The lowest BCUT2D eigenvalue weighted by Gasteiger charge is -2.26. The van der Waals surface area contributed by atoms with E-state index in [4.69, 9.17) is 4.74 Å². The SMILES string of the molecule is CCCSc1nnc(NCC(=O)c2ccc(S(=O)(=O)N3CCOCC3)cc2)s1. The molecule has 2 aromatic rings. The molecule has 1 fully saturated rings. The van der Waals surface area contributed by atoms with Gasteiger partial charge in [-0.3, -0.25) is 4.79 Å². The normalized spacial score (nSPS) is 15.5. The van der Waals surface area contributed by atoms with Crippen molar-refractivity contribution in [2.45, 2.75) is 22.6 Å². The van der Waals surface area contributed by atoms with Crippen molar-refractivity contribution in [1.29, 1.82) is 0 Å². The highest BCUT2D eigenvalue weighted by molar-refractivity contribution is 8.01. The summed E-state index contributed by atoms with van der Waals surface area (Å²) >= 11 is 3.05. The van der Waals surface area contributed by atoms with Gasteiger partial charge in [0.25, 0.3) is 0 Å². The van der Waals surface area contributed by atoms with E-state index in [0.717, 1.165) is 16.5 Å². The molecule has 0 spiro atoms. The van der Waals surface area contributed by atoms with Crippen LogP contribution in [0.2, 0.25) is 0 Å². The highest BCUT2D eigenvalue weighted by Gasteiger charge is 2.26. The largest absolute Gasteiger partial charge is 0.379 e. The van der Waals surface area contributed by atoms with Crippen molar-refractivity contribution >= 4 is 44.0 Å². The van der Waals surface area contributed by atoms with Crippen LogP contribution in [0, 0.1) is 0 Å². The van der Waals surface area contributed by atoms with Crippen LogP contribution in [0.25, 0.3) is 0 Å². The molecule has 3 rings (SSSR count). The zero-order valence-electron chi connectivity index (χ0n) is 15.5. The van der Waals surface area contributed by atoms with E-state index in [1.807, 2.05) is 0 Å². The number of morpholine rings is 1. The molecule has 8 nitrogen and oxygen atoms in total. The zero-order chi connectivity index (χ0) is 20.0. The molecule has 0 aliphatic carbocycles. The summed E-state index contributed by atoms with van der Waals surface area (Å²) in [7, 11) is -3.56. The predicted octanol–water partition coefficient (Wildman–Crippen LogP) is 2.36. The minimum atomic E-state index is -3.56. The Kier molecular flexibility index (Phi) is 7.41. The number of ether oxygens (including phenoxy) is 1. The number of nitrogens with one attached hydrogen (secondary N) is 1. The van der Waals surface area contributed by atoms with Gasteiger partial charge in [0.1, 0.15) is 0 Å². The van der Waals surface area contributed by atoms with Crippen molar-refractivity contribution < 1.29 is 17.9 Å². The molecular weight excluding hydrogens is 420 g/mol. The molecule has 0 amide bonds. The van der Waals surface area contributed by atoms with E-state index in [0.29, 0.717) is 37.0 Å². The molecule has 0 unspecified atom stereocenters. The van der Waals surface area contributed by atoms with Crippen LogP contribution in [-0.4, -0.2) is 67.3 Å². The number of hydrogen-bond donors (Lipinski definition) is 1. The summed E-state index contributed by atoms with van der Waals surface area (Å²) in [5, 5.41) is 11.7. The smallest absolute Gasteiger partial charge is 0.243 e. The molecule has 0 saturated carbocycles. The van der Waals surface area contributed by atoms with Gasteiger partial charge in [-0.2, -0.15) is 4.31 Å². The minimum absolute atomic E-state index is 0.0721. The van der Waals surface area contributed by atoms with Gasteiger partial charge in [0.05, 0.1) is 24.7 Å². The lowest BCUT2D eigenvalue weighted by molar-refractivity contribution is 0.0730. The first-order chi connectivity index (χ1) is 13.5. The summed E-state index contributed by atoms with van der Waals surface area (Å²) in [5.41, 5.74) is 0.443. The van der Waals surface area contributed by atoms with E-state index < -0.39 is 10.0 Å². The fourth-order valence-corrected chi connectivity index (χ4v) is 5.62. The standard InChI is InChI=1S/C17H22N4O4S3/c1-2-11-26-17-20-19-16(27-17)18-12-15(22)13-3-5-14(6-4-13)28(23,24)21-7-9-25-10-8-21/h3-6H,2,7-12H2,1H3,(H,18,19). The molecule has 11 heteroatoms. The van der Waals surface area contributed by atoms with Crippen molar-refractivity contribution in [3.63, 3.8) is 0 Å². The second-order valence-electron chi connectivity index (χ2n) is 6.04. The van der Waals surface area contributed by atoms with Crippen LogP contribution in [0.15, 0.2) is 33.5 Å². The fraction of sp³-hybridized carbons (Fsp3) is 0.471. The van der Waals surface area contributed by atoms with Crippen LogP contribution in [0.5, 0.6) is 0 Å². The summed E-state index contributed by atoms with van der Waals surface area (Å²) < 4.78 is 32.7. The van der Waals surface area contributed by atoms with Gasteiger partial charge in [-0.15, -0.1) is 10.2 Å². The predicted molar refractivity (Wildman–Crippen MR) is 110 cm³/mol. The fourth-order valence-electron chi connectivity index (χ4n) is 2.54. The summed E-state index contributed by atoms with van der Waals surface area (Å²) in [6.45, 7) is 3.64. The lowest BCUT2D eigenvalue weighted by atomic mass is 10.1. The minimum Gasteiger partial charge on any atom is -0.379 e. The van der Waals surface area contributed by atoms with Gasteiger partial charge < -0.3 is 10.1 Å². The Hall–Kier alpha value is -1.53. The van der Waals surface area contributed by atoms with Gasteiger partial charge in [0.2, 0.25) is 15.2 Å². The molecule has 2 heterocycles.